The third-order valence-corrected chi connectivity index (χ3v) is 6.09. The molecule has 0 fully saturated rings. The quantitative estimate of drug-likeness (QED) is 0.693. The molecular weight excluding hydrogens is 394 g/mol. The van der Waals surface area contributed by atoms with Crippen LogP contribution >= 0.6 is 23.4 Å². The Kier molecular flexibility index (Phi) is 6.52. The average molecular weight is 418 g/mol. The van der Waals surface area contributed by atoms with Crippen molar-refractivity contribution in [3.8, 4) is 0 Å². The van der Waals surface area contributed by atoms with Gasteiger partial charge in [-0.25, -0.2) is 0 Å². The Balaban J connectivity index is 1.61. The minimum absolute atomic E-state index is 0.105. The molecule has 2 aromatic carbocycles. The molecule has 0 saturated heterocycles. The first kappa shape index (κ1) is 20.6. The fourth-order valence-corrected chi connectivity index (χ4v) is 4.48. The van der Waals surface area contributed by atoms with Gasteiger partial charge in [0, 0.05) is 40.3 Å². The lowest BCUT2D eigenvalue weighted by atomic mass is 10.2. The number of nitrogens with zero attached hydrogens (tertiary/aromatic N) is 1. The van der Waals surface area contributed by atoms with Gasteiger partial charge in [0.25, 0.3) is 0 Å². The van der Waals surface area contributed by atoms with Gasteiger partial charge in [0.2, 0.25) is 11.8 Å². The van der Waals surface area contributed by atoms with Gasteiger partial charge < -0.3 is 15.5 Å². The number of anilines is 3. The molecule has 2 amide bonds. The maximum absolute atomic E-state index is 12.4. The molecule has 1 atom stereocenters. The zero-order valence-corrected chi connectivity index (χ0v) is 17.7. The summed E-state index contributed by atoms with van der Waals surface area (Å²) < 4.78 is 0. The number of carbonyl (C=O) groups excluding carboxylic acids is 2. The summed E-state index contributed by atoms with van der Waals surface area (Å²) in [4.78, 5) is 27.9. The van der Waals surface area contributed by atoms with Crippen LogP contribution in [0.3, 0.4) is 0 Å². The van der Waals surface area contributed by atoms with E-state index in [1.54, 1.807) is 12.1 Å². The zero-order valence-electron chi connectivity index (χ0n) is 16.2. The molecular formula is C21H24ClN3O2S. The Labute approximate surface area is 174 Å². The van der Waals surface area contributed by atoms with Crippen LogP contribution in [0.25, 0.3) is 0 Å². The molecule has 1 unspecified atom stereocenters. The minimum Gasteiger partial charge on any atom is -0.369 e. The molecule has 3 rings (SSSR count). The maximum atomic E-state index is 12.4. The summed E-state index contributed by atoms with van der Waals surface area (Å²) in [5.41, 5.74) is 2.54. The maximum Gasteiger partial charge on any atom is 0.238 e. The van der Waals surface area contributed by atoms with Crippen LogP contribution in [0.4, 0.5) is 17.1 Å². The van der Waals surface area contributed by atoms with Crippen LogP contribution in [0.5, 0.6) is 0 Å². The van der Waals surface area contributed by atoms with E-state index in [0.717, 1.165) is 22.8 Å². The van der Waals surface area contributed by atoms with Crippen molar-refractivity contribution in [2.75, 3.05) is 22.1 Å². The monoisotopic (exact) mass is 417 g/mol. The first-order valence-corrected chi connectivity index (χ1v) is 10.6. The van der Waals surface area contributed by atoms with Gasteiger partial charge >= 0.3 is 0 Å². The van der Waals surface area contributed by atoms with Gasteiger partial charge in [-0.15, -0.1) is 11.8 Å². The van der Waals surface area contributed by atoms with Gasteiger partial charge in [-0.3, -0.25) is 9.59 Å². The second kappa shape index (κ2) is 8.88. The van der Waals surface area contributed by atoms with Crippen molar-refractivity contribution in [1.82, 2.24) is 0 Å². The van der Waals surface area contributed by atoms with Crippen LogP contribution in [0.1, 0.15) is 27.2 Å². The number of nitrogens with one attached hydrogen (secondary N) is 2. The van der Waals surface area contributed by atoms with Crippen molar-refractivity contribution in [2.45, 2.75) is 43.4 Å². The van der Waals surface area contributed by atoms with Crippen molar-refractivity contribution in [3.05, 3.63) is 47.5 Å². The highest BCUT2D eigenvalue weighted by atomic mass is 35.5. The summed E-state index contributed by atoms with van der Waals surface area (Å²) in [6.45, 7) is 7.34. The molecule has 7 heteroatoms. The van der Waals surface area contributed by atoms with E-state index in [-0.39, 0.29) is 18.2 Å². The van der Waals surface area contributed by atoms with E-state index in [0.29, 0.717) is 16.8 Å². The minimum atomic E-state index is -0.468. The normalized spacial score (nSPS) is 15.8. The van der Waals surface area contributed by atoms with Crippen LogP contribution in [0.15, 0.2) is 47.4 Å². The topological polar surface area (TPSA) is 61.4 Å². The molecule has 0 aliphatic carbocycles. The van der Waals surface area contributed by atoms with Crippen LogP contribution in [0, 0.1) is 0 Å². The molecule has 28 heavy (non-hydrogen) atoms. The molecule has 2 aromatic rings. The number of carbonyl (C=O) groups is 2. The van der Waals surface area contributed by atoms with E-state index >= 15 is 0 Å². The molecule has 1 aliphatic rings. The van der Waals surface area contributed by atoms with Crippen molar-refractivity contribution in [1.29, 1.82) is 0 Å². The molecule has 0 radical (unpaired) electrons. The number of fused-ring (bicyclic) bond motifs is 1. The molecule has 0 bridgehead atoms. The Morgan fingerprint density at radius 1 is 1.25 bits per heavy atom. The van der Waals surface area contributed by atoms with Crippen LogP contribution in [-0.2, 0) is 9.59 Å². The molecule has 0 spiro atoms. The number of amides is 2. The van der Waals surface area contributed by atoms with E-state index in [1.807, 2.05) is 30.3 Å². The SMILES string of the molecule is CCN(c1ccc(NC(=O)CC2Sc3ccc(Cl)cc3NC2=O)cc1)C(C)C. The zero-order chi connectivity index (χ0) is 20.3. The molecule has 1 aliphatic heterocycles. The van der Waals surface area contributed by atoms with Gasteiger partial charge in [0.1, 0.15) is 0 Å². The summed E-state index contributed by atoms with van der Waals surface area (Å²) in [6.07, 6.45) is 0.105. The van der Waals surface area contributed by atoms with Crippen molar-refractivity contribution < 1.29 is 9.59 Å². The van der Waals surface area contributed by atoms with E-state index in [2.05, 4.69) is 36.3 Å². The summed E-state index contributed by atoms with van der Waals surface area (Å²) >= 11 is 7.35. The largest absolute Gasteiger partial charge is 0.369 e. The first-order chi connectivity index (χ1) is 13.4. The lowest BCUT2D eigenvalue weighted by Gasteiger charge is -2.27. The average Bonchev–Trinajstić information content (AvgIpc) is 2.64. The van der Waals surface area contributed by atoms with E-state index < -0.39 is 5.25 Å². The van der Waals surface area contributed by atoms with Crippen LogP contribution in [0.2, 0.25) is 5.02 Å². The van der Waals surface area contributed by atoms with Crippen LogP contribution < -0.4 is 15.5 Å². The third kappa shape index (κ3) is 4.80. The Morgan fingerprint density at radius 2 is 1.96 bits per heavy atom. The molecule has 2 N–H and O–H groups in total. The van der Waals surface area contributed by atoms with Gasteiger partial charge in [-0.2, -0.15) is 0 Å². The van der Waals surface area contributed by atoms with Gasteiger partial charge in [-0.1, -0.05) is 11.6 Å². The summed E-state index contributed by atoms with van der Waals surface area (Å²) in [7, 11) is 0. The summed E-state index contributed by atoms with van der Waals surface area (Å²) in [6, 6.07) is 13.6. The Hall–Kier alpha value is -2.18. The standard InChI is InChI=1S/C21H24ClN3O2S/c1-4-25(13(2)3)16-8-6-15(7-9-16)23-20(26)12-19-21(27)24-17-11-14(22)5-10-18(17)28-19/h5-11,13,19H,4,12H2,1-3H3,(H,23,26)(H,24,27). The molecule has 0 saturated carbocycles. The number of hydrogen-bond acceptors (Lipinski definition) is 4. The Morgan fingerprint density at radius 3 is 2.61 bits per heavy atom. The predicted molar refractivity (Wildman–Crippen MR) is 118 cm³/mol. The summed E-state index contributed by atoms with van der Waals surface area (Å²) in [5.74, 6) is -0.366. The van der Waals surface area contributed by atoms with Crippen molar-refractivity contribution >= 4 is 52.2 Å². The highest BCUT2D eigenvalue weighted by Gasteiger charge is 2.29. The fourth-order valence-electron chi connectivity index (χ4n) is 3.22. The molecule has 148 valence electrons. The highest BCUT2D eigenvalue weighted by Crippen LogP contribution is 2.38. The number of thioether (sulfide) groups is 1. The second-order valence-electron chi connectivity index (χ2n) is 6.92. The molecule has 0 aromatic heterocycles. The number of halogens is 1. The molecule has 1 heterocycles. The predicted octanol–water partition coefficient (Wildman–Crippen LogP) is 5.02. The van der Waals surface area contributed by atoms with Crippen molar-refractivity contribution in [2.24, 2.45) is 0 Å². The van der Waals surface area contributed by atoms with E-state index in [4.69, 9.17) is 11.6 Å². The van der Waals surface area contributed by atoms with Crippen molar-refractivity contribution in [3.63, 3.8) is 0 Å². The van der Waals surface area contributed by atoms with E-state index in [9.17, 15) is 9.59 Å². The molecule has 5 nitrogen and oxygen atoms in total. The van der Waals surface area contributed by atoms with Gasteiger partial charge in [0.15, 0.2) is 0 Å². The summed E-state index contributed by atoms with van der Waals surface area (Å²) in [5, 5.41) is 5.81. The highest BCUT2D eigenvalue weighted by molar-refractivity contribution is 8.01. The van der Waals surface area contributed by atoms with Gasteiger partial charge in [-0.05, 0) is 63.2 Å². The van der Waals surface area contributed by atoms with Gasteiger partial charge in [0.05, 0.1) is 10.9 Å². The smallest absolute Gasteiger partial charge is 0.238 e. The number of hydrogen-bond donors (Lipinski definition) is 2. The number of rotatable bonds is 6. The lowest BCUT2D eigenvalue weighted by molar-refractivity contribution is -0.120. The lowest BCUT2D eigenvalue weighted by Crippen LogP contribution is -2.32. The second-order valence-corrected chi connectivity index (χ2v) is 8.60. The van der Waals surface area contributed by atoms with E-state index in [1.165, 1.54) is 11.8 Å². The first-order valence-electron chi connectivity index (χ1n) is 9.31. The fraction of sp³-hybridized carbons (Fsp3) is 0.333. The van der Waals surface area contributed by atoms with Crippen LogP contribution in [-0.4, -0.2) is 29.7 Å². The number of benzene rings is 2. The third-order valence-electron chi connectivity index (χ3n) is 4.58. The Bertz CT molecular complexity index is 870.